The fourth-order valence-corrected chi connectivity index (χ4v) is 1.36. The van der Waals surface area contributed by atoms with E-state index in [0.29, 0.717) is 0 Å². The Balaban J connectivity index is 4.23. The van der Waals surface area contributed by atoms with Crippen molar-refractivity contribution in [2.45, 2.75) is 12.4 Å². The molecule has 0 spiro atoms. The van der Waals surface area contributed by atoms with Gasteiger partial charge in [0.1, 0.15) is 0 Å². The van der Waals surface area contributed by atoms with Gasteiger partial charge in [-0.3, -0.25) is 4.52 Å². The van der Waals surface area contributed by atoms with E-state index in [0.717, 1.165) is 0 Å². The third-order valence-corrected chi connectivity index (χ3v) is 1.80. The predicted octanol–water partition coefficient (Wildman–Crippen LogP) is -1.12. The second-order valence-corrected chi connectivity index (χ2v) is 3.27. The lowest BCUT2D eigenvalue weighted by atomic mass is 10.4. The highest BCUT2D eigenvalue weighted by molar-refractivity contribution is 7.39. The first-order valence-electron chi connectivity index (χ1n) is 3.04. The van der Waals surface area contributed by atoms with Crippen LogP contribution in [-0.4, -0.2) is 32.3 Å². The smallest absolute Gasteiger partial charge is 0.340 e. The van der Waals surface area contributed by atoms with Crippen molar-refractivity contribution in [2.24, 2.45) is 5.73 Å². The van der Waals surface area contributed by atoms with Crippen LogP contribution in [0, 0.1) is 0 Å². The highest BCUT2D eigenvalue weighted by Gasteiger charge is 2.41. The summed E-state index contributed by atoms with van der Waals surface area (Å²) < 4.78 is 18.2. The Kier molecular flexibility index (Phi) is 5.98. The maximum Gasteiger partial charge on any atom is 0.700 e. The average Bonchev–Trinajstić information content (AvgIpc) is 1.81. The zero-order valence-electron chi connectivity index (χ0n) is 6.40. The van der Waals surface area contributed by atoms with Gasteiger partial charge >= 0.3 is 22.8 Å². The van der Waals surface area contributed by atoms with Crippen molar-refractivity contribution >= 4 is 16.9 Å². The first-order valence-corrected chi connectivity index (χ1v) is 5.34. The summed E-state index contributed by atoms with van der Waals surface area (Å²) in [5.41, 5.74) is 5.01. The Morgan fingerprint density at radius 1 is 1.54 bits per heavy atom. The molecule has 0 amide bonds. The zero-order chi connectivity index (χ0) is 10.5. The summed E-state index contributed by atoms with van der Waals surface area (Å²) in [6, 6.07) is 0. The van der Waals surface area contributed by atoms with Gasteiger partial charge in [-0.15, -0.1) is 4.89 Å². The molecule has 0 rings (SSSR count). The Hall–Kier alpha value is 0.250. The number of hydrogen-bond donors (Lipinski definition) is 5. The Morgan fingerprint density at radius 3 is 2.38 bits per heavy atom. The van der Waals surface area contributed by atoms with Crippen LogP contribution in [0.1, 0.15) is 6.42 Å². The minimum Gasteiger partial charge on any atom is -0.340 e. The Bertz CT molecular complexity index is 177. The average molecular weight is 234 g/mol. The van der Waals surface area contributed by atoms with Gasteiger partial charge in [-0.2, -0.15) is 0 Å². The van der Waals surface area contributed by atoms with Crippen molar-refractivity contribution in [1.82, 2.24) is 0 Å². The van der Waals surface area contributed by atoms with Gasteiger partial charge in [-0.25, -0.2) is 0 Å². The third kappa shape index (κ3) is 6.34. The molecular weight excluding hydrogens is 224 g/mol. The fourth-order valence-electron chi connectivity index (χ4n) is 0.540. The SMILES string of the molecule is NCCC(O)(OP(O)O)O[P+](=O)O. The minimum absolute atomic E-state index is 0.122. The summed E-state index contributed by atoms with van der Waals surface area (Å²) in [7, 11) is -6.02. The molecule has 0 bridgehead atoms. The molecule has 0 aromatic rings. The van der Waals surface area contributed by atoms with Crippen molar-refractivity contribution in [3.8, 4) is 0 Å². The van der Waals surface area contributed by atoms with E-state index in [-0.39, 0.29) is 13.0 Å². The van der Waals surface area contributed by atoms with Gasteiger partial charge in [-0.1, -0.05) is 4.52 Å². The lowest BCUT2D eigenvalue weighted by molar-refractivity contribution is -0.277. The van der Waals surface area contributed by atoms with Gasteiger partial charge in [0.25, 0.3) is 0 Å². The van der Waals surface area contributed by atoms with Gasteiger partial charge in [0.05, 0.1) is 0 Å². The van der Waals surface area contributed by atoms with Gasteiger partial charge in [-0.05, 0) is 0 Å². The monoisotopic (exact) mass is 234 g/mol. The molecule has 0 saturated carbocycles. The summed E-state index contributed by atoms with van der Waals surface area (Å²) in [4.78, 5) is 25.0. The molecule has 78 valence electrons. The number of hydrogen-bond acceptors (Lipinski definition) is 7. The Labute approximate surface area is 75.9 Å². The molecule has 6 N–H and O–H groups in total. The first kappa shape index (κ1) is 13.2. The van der Waals surface area contributed by atoms with Crippen molar-refractivity contribution in [1.29, 1.82) is 0 Å². The molecule has 8 nitrogen and oxygen atoms in total. The van der Waals surface area contributed by atoms with Gasteiger partial charge in [0, 0.05) is 17.5 Å². The van der Waals surface area contributed by atoms with E-state index >= 15 is 0 Å². The molecule has 10 heteroatoms. The van der Waals surface area contributed by atoms with E-state index in [1.165, 1.54) is 0 Å². The van der Waals surface area contributed by atoms with Crippen LogP contribution in [0.4, 0.5) is 0 Å². The Morgan fingerprint density at radius 2 is 2.08 bits per heavy atom. The van der Waals surface area contributed by atoms with Crippen molar-refractivity contribution in [2.75, 3.05) is 6.54 Å². The first-order chi connectivity index (χ1) is 5.89. The molecule has 2 unspecified atom stereocenters. The number of nitrogens with two attached hydrogens (primary N) is 1. The normalized spacial score (nSPS) is 17.2. The fraction of sp³-hybridized carbons (Fsp3) is 1.00. The molecule has 0 aliphatic carbocycles. The number of aliphatic hydroxyl groups is 1. The summed E-state index contributed by atoms with van der Waals surface area (Å²) in [6.07, 6.45) is -0.366. The zero-order valence-corrected chi connectivity index (χ0v) is 8.19. The van der Waals surface area contributed by atoms with Crippen LogP contribution in [0.5, 0.6) is 0 Å². The molecule has 0 aromatic heterocycles. The largest absolute Gasteiger partial charge is 0.700 e. The third-order valence-electron chi connectivity index (χ3n) is 0.905. The van der Waals surface area contributed by atoms with Crippen LogP contribution in [0.15, 0.2) is 0 Å². The van der Waals surface area contributed by atoms with E-state index in [1.807, 2.05) is 0 Å². The van der Waals surface area contributed by atoms with Gasteiger partial charge < -0.3 is 20.6 Å². The molecule has 0 aromatic carbocycles. The molecule has 0 radical (unpaired) electrons. The molecular formula is C3H10NO7P2+. The van der Waals surface area contributed by atoms with Crippen LogP contribution in [0.25, 0.3) is 0 Å². The highest BCUT2D eigenvalue weighted by Crippen LogP contribution is 2.37. The van der Waals surface area contributed by atoms with Crippen LogP contribution in [0.2, 0.25) is 0 Å². The molecule has 0 aliphatic heterocycles. The molecule has 0 aliphatic rings. The van der Waals surface area contributed by atoms with E-state index < -0.39 is 22.8 Å². The standard InChI is InChI=1S/C3H9NO7P2/c4-2-1-3(5,10-12(6)7)11-13(8)9/h5-7H,1-2,4H2/p+1. The van der Waals surface area contributed by atoms with E-state index in [2.05, 4.69) is 9.05 Å². The highest BCUT2D eigenvalue weighted by atomic mass is 31.2. The van der Waals surface area contributed by atoms with Crippen LogP contribution in [0.3, 0.4) is 0 Å². The summed E-state index contributed by atoms with van der Waals surface area (Å²) in [6.45, 7) is -0.122. The maximum atomic E-state index is 10.2. The van der Waals surface area contributed by atoms with Crippen molar-refractivity contribution in [3.63, 3.8) is 0 Å². The van der Waals surface area contributed by atoms with Crippen LogP contribution in [-0.2, 0) is 13.6 Å². The van der Waals surface area contributed by atoms with E-state index in [9.17, 15) is 9.67 Å². The van der Waals surface area contributed by atoms with E-state index in [1.54, 1.807) is 0 Å². The number of rotatable bonds is 6. The van der Waals surface area contributed by atoms with Gasteiger partial charge in [0.2, 0.25) is 0 Å². The lowest BCUT2D eigenvalue weighted by Crippen LogP contribution is -2.34. The van der Waals surface area contributed by atoms with Crippen LogP contribution >= 0.6 is 16.9 Å². The summed E-state index contributed by atoms with van der Waals surface area (Å²) in [5, 5.41) is 9.18. The predicted molar refractivity (Wildman–Crippen MR) is 42.0 cm³/mol. The van der Waals surface area contributed by atoms with E-state index in [4.69, 9.17) is 20.4 Å². The van der Waals surface area contributed by atoms with Crippen molar-refractivity contribution in [3.05, 3.63) is 0 Å². The topological polar surface area (TPSA) is 142 Å². The molecule has 13 heavy (non-hydrogen) atoms. The lowest BCUT2D eigenvalue weighted by Gasteiger charge is -2.19. The van der Waals surface area contributed by atoms with Crippen LogP contribution < -0.4 is 5.73 Å². The van der Waals surface area contributed by atoms with Crippen molar-refractivity contribution < 1.29 is 33.4 Å². The second-order valence-electron chi connectivity index (χ2n) is 1.92. The maximum absolute atomic E-state index is 10.2. The molecule has 2 atom stereocenters. The second kappa shape index (κ2) is 5.87. The summed E-state index contributed by atoms with van der Waals surface area (Å²) in [5.74, 6) is -2.54. The quantitative estimate of drug-likeness (QED) is 0.287. The van der Waals surface area contributed by atoms with Gasteiger partial charge in [0.15, 0.2) is 0 Å². The molecule has 0 fully saturated rings. The summed E-state index contributed by atoms with van der Waals surface area (Å²) >= 11 is 0. The molecule has 0 heterocycles. The minimum atomic E-state index is -3.12. The molecule has 0 saturated heterocycles.